The number of nitrogens with one attached hydrogen (secondary N) is 2. The van der Waals surface area contributed by atoms with Crippen LogP contribution in [0.5, 0.6) is 0 Å². The molecule has 200 valence electrons. The number of piperidine rings is 1. The minimum Gasteiger partial charge on any atom is -0.377 e. The van der Waals surface area contributed by atoms with Gasteiger partial charge in [-0.05, 0) is 103 Å². The molecule has 2 aromatic heterocycles. The van der Waals surface area contributed by atoms with E-state index in [1.165, 1.54) is 19.3 Å². The number of amides is 2. The molecule has 1 aliphatic rings. The van der Waals surface area contributed by atoms with Crippen LogP contribution in [-0.4, -0.2) is 40.5 Å². The summed E-state index contributed by atoms with van der Waals surface area (Å²) in [6.45, 7) is 2.80. The maximum absolute atomic E-state index is 12.5. The van der Waals surface area contributed by atoms with E-state index in [4.69, 9.17) is 0 Å². The zero-order chi connectivity index (χ0) is 27.4. The first kappa shape index (κ1) is 26.7. The van der Waals surface area contributed by atoms with E-state index >= 15 is 0 Å². The molecule has 40 heavy (non-hydrogen) atoms. The van der Waals surface area contributed by atoms with Gasteiger partial charge in [0.05, 0.1) is 0 Å². The third-order valence-electron chi connectivity index (χ3n) is 6.81. The second-order valence-electron chi connectivity index (χ2n) is 9.77. The van der Waals surface area contributed by atoms with Crippen LogP contribution in [0.15, 0.2) is 97.7 Å². The van der Waals surface area contributed by atoms with Gasteiger partial charge in [-0.3, -0.25) is 9.97 Å². The number of carbonyl (C=O) groups excluding carboxylic acids is 1. The number of hydrogen-bond donors (Lipinski definition) is 2. The van der Waals surface area contributed by atoms with E-state index in [0.29, 0.717) is 18.7 Å². The molecule has 0 spiro atoms. The van der Waals surface area contributed by atoms with Crippen LogP contribution >= 0.6 is 0 Å². The molecular weight excluding hydrogens is 494 g/mol. The molecule has 3 heterocycles. The fraction of sp³-hybridized carbons (Fsp3) is 0.206. The van der Waals surface area contributed by atoms with Crippen molar-refractivity contribution < 1.29 is 4.79 Å². The van der Waals surface area contributed by atoms with Gasteiger partial charge in [0.15, 0.2) is 0 Å². The number of rotatable bonds is 7. The SMILES string of the molecule is O=C(NCCc1cccnc1)Nc1ccc(-c2ccncc2)c(C#Cc2ccc(/C=C/N3CCCCC3)cc2)c1. The average molecular weight is 528 g/mol. The predicted molar refractivity (Wildman–Crippen MR) is 162 cm³/mol. The molecule has 0 saturated carbocycles. The fourth-order valence-corrected chi connectivity index (χ4v) is 4.63. The van der Waals surface area contributed by atoms with Crippen molar-refractivity contribution in [3.63, 3.8) is 0 Å². The molecular formula is C34H33N5O. The third kappa shape index (κ3) is 7.81. The average Bonchev–Trinajstić information content (AvgIpc) is 3.01. The van der Waals surface area contributed by atoms with Crippen LogP contribution < -0.4 is 10.6 Å². The van der Waals surface area contributed by atoms with E-state index in [0.717, 1.165) is 46.5 Å². The molecule has 1 aliphatic heterocycles. The van der Waals surface area contributed by atoms with Crippen LogP contribution in [0.4, 0.5) is 10.5 Å². The summed E-state index contributed by atoms with van der Waals surface area (Å²) in [5.41, 5.74) is 6.68. The monoisotopic (exact) mass is 527 g/mol. The lowest BCUT2D eigenvalue weighted by Gasteiger charge is -2.24. The van der Waals surface area contributed by atoms with Crippen LogP contribution in [-0.2, 0) is 6.42 Å². The lowest BCUT2D eigenvalue weighted by molar-refractivity contribution is 0.252. The standard InChI is InChI=1S/C34H33N5O/c40-34(37-21-14-29-5-4-18-36-26-29)38-32-12-13-33(30-15-19-35-20-16-30)31(25-32)11-10-27-6-8-28(9-7-27)17-24-39-22-2-1-3-23-39/h4-9,12-13,15-20,24-26H,1-3,14,21-23H2,(H2,37,38,40)/b24-17+. The van der Waals surface area contributed by atoms with Gasteiger partial charge >= 0.3 is 6.03 Å². The number of benzene rings is 2. The molecule has 2 N–H and O–H groups in total. The fourth-order valence-electron chi connectivity index (χ4n) is 4.63. The highest BCUT2D eigenvalue weighted by molar-refractivity contribution is 5.90. The highest BCUT2D eigenvalue weighted by Gasteiger charge is 2.08. The van der Waals surface area contributed by atoms with E-state index in [-0.39, 0.29) is 6.03 Å². The topological polar surface area (TPSA) is 70.1 Å². The van der Waals surface area contributed by atoms with E-state index in [9.17, 15) is 4.79 Å². The summed E-state index contributed by atoms with van der Waals surface area (Å²) < 4.78 is 0. The Morgan fingerprint density at radius 3 is 2.50 bits per heavy atom. The van der Waals surface area contributed by atoms with Crippen LogP contribution in [0, 0.1) is 11.8 Å². The number of likely N-dealkylation sites (tertiary alicyclic amines) is 1. The summed E-state index contributed by atoms with van der Waals surface area (Å²) in [5.74, 6) is 6.64. The predicted octanol–water partition coefficient (Wildman–Crippen LogP) is 6.36. The van der Waals surface area contributed by atoms with Crippen molar-refractivity contribution in [1.29, 1.82) is 0 Å². The van der Waals surface area contributed by atoms with E-state index in [1.54, 1.807) is 18.6 Å². The maximum atomic E-state index is 12.5. The van der Waals surface area contributed by atoms with Gasteiger partial charge in [0, 0.05) is 61.2 Å². The Bertz CT molecular complexity index is 1480. The van der Waals surface area contributed by atoms with Gasteiger partial charge in [-0.2, -0.15) is 0 Å². The number of pyridine rings is 2. The van der Waals surface area contributed by atoms with Crippen LogP contribution in [0.3, 0.4) is 0 Å². The van der Waals surface area contributed by atoms with Gasteiger partial charge in [-0.1, -0.05) is 36.1 Å². The summed E-state index contributed by atoms with van der Waals surface area (Å²) >= 11 is 0. The maximum Gasteiger partial charge on any atom is 0.319 e. The molecule has 0 unspecified atom stereocenters. The Balaban J connectivity index is 1.28. The van der Waals surface area contributed by atoms with Crippen molar-refractivity contribution in [2.24, 2.45) is 0 Å². The third-order valence-corrected chi connectivity index (χ3v) is 6.81. The number of urea groups is 1. The van der Waals surface area contributed by atoms with Gasteiger partial charge in [0.1, 0.15) is 0 Å². The molecule has 5 rings (SSSR count). The van der Waals surface area contributed by atoms with Crippen LogP contribution in [0.1, 0.15) is 41.5 Å². The van der Waals surface area contributed by atoms with Crippen molar-refractivity contribution in [2.45, 2.75) is 25.7 Å². The van der Waals surface area contributed by atoms with Gasteiger partial charge in [0.2, 0.25) is 0 Å². The van der Waals surface area contributed by atoms with Crippen molar-refractivity contribution in [2.75, 3.05) is 25.0 Å². The second kappa shape index (κ2) is 13.8. The normalized spacial score (nSPS) is 12.9. The summed E-state index contributed by atoms with van der Waals surface area (Å²) in [4.78, 5) is 23.2. The molecule has 0 atom stereocenters. The number of aromatic nitrogens is 2. The first-order valence-corrected chi connectivity index (χ1v) is 13.8. The molecule has 6 nitrogen and oxygen atoms in total. The van der Waals surface area contributed by atoms with Gasteiger partial charge in [-0.25, -0.2) is 4.79 Å². The highest BCUT2D eigenvalue weighted by Crippen LogP contribution is 2.26. The van der Waals surface area contributed by atoms with Crippen molar-refractivity contribution in [3.05, 3.63) is 120 Å². The van der Waals surface area contributed by atoms with Crippen LogP contribution in [0.25, 0.3) is 17.2 Å². The molecule has 2 aromatic carbocycles. The number of nitrogens with zero attached hydrogens (tertiary/aromatic N) is 3. The smallest absolute Gasteiger partial charge is 0.319 e. The van der Waals surface area contributed by atoms with Gasteiger partial charge in [0.25, 0.3) is 0 Å². The van der Waals surface area contributed by atoms with Crippen LogP contribution in [0.2, 0.25) is 0 Å². The minimum absolute atomic E-state index is 0.257. The summed E-state index contributed by atoms with van der Waals surface area (Å²) in [6, 6.07) is 21.6. The summed E-state index contributed by atoms with van der Waals surface area (Å²) in [7, 11) is 0. The van der Waals surface area contributed by atoms with E-state index in [1.807, 2.05) is 60.8 Å². The zero-order valence-corrected chi connectivity index (χ0v) is 22.5. The Morgan fingerprint density at radius 1 is 0.900 bits per heavy atom. The van der Waals surface area contributed by atoms with Gasteiger partial charge in [-0.15, -0.1) is 0 Å². The molecule has 1 saturated heterocycles. The summed E-state index contributed by atoms with van der Waals surface area (Å²) in [6.07, 6.45) is 16.0. The molecule has 2 amide bonds. The lowest BCUT2D eigenvalue weighted by atomic mass is 9.99. The van der Waals surface area contributed by atoms with Crippen molar-refractivity contribution in [1.82, 2.24) is 20.2 Å². The molecule has 1 fully saturated rings. The van der Waals surface area contributed by atoms with Crippen molar-refractivity contribution in [3.8, 4) is 23.0 Å². The lowest BCUT2D eigenvalue weighted by Crippen LogP contribution is -2.30. The van der Waals surface area contributed by atoms with Crippen molar-refractivity contribution >= 4 is 17.8 Å². The van der Waals surface area contributed by atoms with E-state index in [2.05, 4.69) is 61.8 Å². The Morgan fingerprint density at radius 2 is 1.73 bits per heavy atom. The highest BCUT2D eigenvalue weighted by atomic mass is 16.2. The Kier molecular flexibility index (Phi) is 9.19. The minimum atomic E-state index is -0.257. The number of carbonyl (C=O) groups is 1. The zero-order valence-electron chi connectivity index (χ0n) is 22.5. The number of anilines is 1. The second-order valence-corrected chi connectivity index (χ2v) is 9.77. The largest absolute Gasteiger partial charge is 0.377 e. The molecule has 4 aromatic rings. The van der Waals surface area contributed by atoms with Gasteiger partial charge < -0.3 is 15.5 Å². The molecule has 0 bridgehead atoms. The first-order valence-electron chi connectivity index (χ1n) is 13.8. The Hall–Kier alpha value is -4.89. The summed E-state index contributed by atoms with van der Waals surface area (Å²) in [5, 5.41) is 5.85. The molecule has 0 aliphatic carbocycles. The quantitative estimate of drug-likeness (QED) is 0.274. The van der Waals surface area contributed by atoms with E-state index < -0.39 is 0 Å². The Labute approximate surface area is 236 Å². The molecule has 0 radical (unpaired) electrons. The first-order chi connectivity index (χ1) is 19.7. The molecule has 6 heteroatoms. The number of hydrogen-bond acceptors (Lipinski definition) is 4.